The molecule has 0 heterocycles. The third kappa shape index (κ3) is 3.22. The second-order valence-electron chi connectivity index (χ2n) is 4.06. The van der Waals surface area contributed by atoms with Crippen LogP contribution in [0.4, 0.5) is 18.9 Å². The quantitative estimate of drug-likeness (QED) is 0.907. The van der Waals surface area contributed by atoms with Crippen molar-refractivity contribution in [3.63, 3.8) is 0 Å². The molecule has 0 aliphatic carbocycles. The first-order valence-corrected chi connectivity index (χ1v) is 5.37. The molecule has 0 aliphatic heterocycles. The van der Waals surface area contributed by atoms with Crippen LogP contribution in [0.3, 0.4) is 0 Å². The number of rotatable bonds is 3. The third-order valence-electron chi connectivity index (χ3n) is 2.39. The summed E-state index contributed by atoms with van der Waals surface area (Å²) in [5.41, 5.74) is -0.441. The molecule has 0 atom stereocenters. The van der Waals surface area contributed by atoms with Crippen LogP contribution < -0.4 is 4.90 Å². The zero-order valence-electron chi connectivity index (χ0n) is 10.0. The van der Waals surface area contributed by atoms with Gasteiger partial charge < -0.3 is 10.0 Å². The zero-order chi connectivity index (χ0) is 13.9. The van der Waals surface area contributed by atoms with Gasteiger partial charge in [0.2, 0.25) is 0 Å². The minimum Gasteiger partial charge on any atom is -0.387 e. The van der Waals surface area contributed by atoms with Gasteiger partial charge in [-0.2, -0.15) is 13.2 Å². The molecule has 1 aromatic rings. The van der Waals surface area contributed by atoms with Gasteiger partial charge in [0.05, 0.1) is 5.56 Å². The number of nitrogens with zero attached hydrogens (tertiary/aromatic N) is 1. The highest BCUT2D eigenvalue weighted by atomic mass is 19.4. The number of anilines is 1. The van der Waals surface area contributed by atoms with E-state index in [1.54, 1.807) is 13.8 Å². The summed E-state index contributed by atoms with van der Waals surface area (Å²) in [4.78, 5) is 12.7. The summed E-state index contributed by atoms with van der Waals surface area (Å²) in [5.74, 6) is -0.551. The maximum Gasteiger partial charge on any atom is 0.416 e. The third-order valence-corrected chi connectivity index (χ3v) is 2.39. The Hall–Kier alpha value is -1.56. The van der Waals surface area contributed by atoms with Gasteiger partial charge >= 0.3 is 6.18 Å². The van der Waals surface area contributed by atoms with Crippen molar-refractivity contribution in [2.45, 2.75) is 26.1 Å². The van der Waals surface area contributed by atoms with Crippen molar-refractivity contribution in [1.82, 2.24) is 0 Å². The molecule has 0 spiro atoms. The summed E-state index contributed by atoms with van der Waals surface area (Å²) in [7, 11) is 0. The maximum atomic E-state index is 12.4. The minimum atomic E-state index is -4.40. The normalized spacial score (nSPS) is 11.7. The smallest absolute Gasteiger partial charge is 0.387 e. The second kappa shape index (κ2) is 5.39. The highest BCUT2D eigenvalue weighted by molar-refractivity contribution is 5.94. The van der Waals surface area contributed by atoms with E-state index in [0.717, 1.165) is 12.1 Å². The van der Waals surface area contributed by atoms with Crippen molar-refractivity contribution in [2.75, 3.05) is 11.5 Å². The van der Waals surface area contributed by atoms with Crippen molar-refractivity contribution < 1.29 is 23.1 Å². The van der Waals surface area contributed by atoms with Crippen LogP contribution in [0.25, 0.3) is 0 Å². The molecular weight excluding hydrogens is 247 g/mol. The molecule has 100 valence electrons. The van der Waals surface area contributed by atoms with Gasteiger partial charge in [-0.25, -0.2) is 0 Å². The summed E-state index contributed by atoms with van der Waals surface area (Å²) >= 11 is 0. The lowest BCUT2D eigenvalue weighted by molar-refractivity contribution is -0.137. The fourth-order valence-electron chi connectivity index (χ4n) is 1.62. The zero-order valence-corrected chi connectivity index (χ0v) is 10.0. The molecule has 0 saturated heterocycles. The molecule has 1 amide bonds. The van der Waals surface area contributed by atoms with Crippen LogP contribution >= 0.6 is 0 Å². The molecule has 0 aliphatic rings. The number of amides is 1. The van der Waals surface area contributed by atoms with E-state index in [4.69, 9.17) is 5.11 Å². The first-order chi connectivity index (χ1) is 8.27. The van der Waals surface area contributed by atoms with Crippen LogP contribution in [0.1, 0.15) is 19.4 Å². The molecule has 3 nitrogen and oxygen atoms in total. The number of carbonyl (C=O) groups excluding carboxylic acids is 1. The predicted molar refractivity (Wildman–Crippen MR) is 61.2 cm³/mol. The minimum absolute atomic E-state index is 0.249. The summed E-state index contributed by atoms with van der Waals surface area (Å²) < 4.78 is 37.2. The molecule has 1 N–H and O–H groups in total. The van der Waals surface area contributed by atoms with E-state index in [-0.39, 0.29) is 6.04 Å². The van der Waals surface area contributed by atoms with Crippen LogP contribution in [0.5, 0.6) is 0 Å². The number of hydrogen-bond donors (Lipinski definition) is 1. The van der Waals surface area contributed by atoms with E-state index in [1.165, 1.54) is 17.0 Å². The molecule has 0 fully saturated rings. The van der Waals surface area contributed by atoms with Gasteiger partial charge in [0.15, 0.2) is 0 Å². The van der Waals surface area contributed by atoms with Crippen molar-refractivity contribution >= 4 is 11.6 Å². The molecule has 0 saturated carbocycles. The molecule has 0 radical (unpaired) electrons. The number of halogens is 3. The van der Waals surface area contributed by atoms with Gasteiger partial charge in [-0.3, -0.25) is 4.79 Å². The largest absolute Gasteiger partial charge is 0.416 e. The van der Waals surface area contributed by atoms with Crippen LogP contribution in [-0.4, -0.2) is 23.7 Å². The fraction of sp³-hybridized carbons (Fsp3) is 0.417. The summed E-state index contributed by atoms with van der Waals surface area (Å²) in [6.45, 7) is 2.75. The van der Waals surface area contributed by atoms with Gasteiger partial charge in [0.25, 0.3) is 5.91 Å². The first kappa shape index (κ1) is 14.5. The number of hydrogen-bond acceptors (Lipinski definition) is 2. The van der Waals surface area contributed by atoms with Gasteiger partial charge in [0.1, 0.15) is 6.61 Å². The van der Waals surface area contributed by atoms with Gasteiger partial charge in [-0.15, -0.1) is 0 Å². The van der Waals surface area contributed by atoms with E-state index < -0.39 is 24.3 Å². The average Bonchev–Trinajstić information content (AvgIpc) is 2.28. The second-order valence-corrected chi connectivity index (χ2v) is 4.06. The predicted octanol–water partition coefficient (Wildman–Crippen LogP) is 2.44. The Balaban J connectivity index is 3.05. The lowest BCUT2D eigenvalue weighted by Crippen LogP contribution is -2.38. The van der Waals surface area contributed by atoms with E-state index in [0.29, 0.717) is 5.69 Å². The molecule has 6 heteroatoms. The molecule has 1 rings (SSSR count). The van der Waals surface area contributed by atoms with Crippen molar-refractivity contribution in [2.24, 2.45) is 0 Å². The number of benzene rings is 1. The highest BCUT2D eigenvalue weighted by Gasteiger charge is 2.30. The SMILES string of the molecule is CC(C)N(C(=O)CO)c1ccc(C(F)(F)F)cc1. The Labute approximate surface area is 103 Å². The number of alkyl halides is 3. The van der Waals surface area contributed by atoms with E-state index in [2.05, 4.69) is 0 Å². The Morgan fingerprint density at radius 2 is 1.78 bits per heavy atom. The molecule has 0 aromatic heterocycles. The van der Waals surface area contributed by atoms with Crippen LogP contribution in [0.2, 0.25) is 0 Å². The molecule has 1 aromatic carbocycles. The summed E-state index contributed by atoms with van der Waals surface area (Å²) in [6.07, 6.45) is -4.40. The standard InChI is InChI=1S/C12H14F3NO2/c1-8(2)16(11(18)7-17)10-5-3-9(4-6-10)12(13,14)15/h3-6,8,17H,7H2,1-2H3. The van der Waals surface area contributed by atoms with Crippen LogP contribution in [0, 0.1) is 0 Å². The molecule has 18 heavy (non-hydrogen) atoms. The monoisotopic (exact) mass is 261 g/mol. The first-order valence-electron chi connectivity index (χ1n) is 5.37. The van der Waals surface area contributed by atoms with E-state index in [9.17, 15) is 18.0 Å². The summed E-state index contributed by atoms with van der Waals surface area (Å²) in [5, 5.41) is 8.83. The lowest BCUT2D eigenvalue weighted by Gasteiger charge is -2.26. The summed E-state index contributed by atoms with van der Waals surface area (Å²) in [6, 6.07) is 4.01. The van der Waals surface area contributed by atoms with Crippen molar-refractivity contribution in [1.29, 1.82) is 0 Å². The molecular formula is C12H14F3NO2. The van der Waals surface area contributed by atoms with Crippen LogP contribution in [-0.2, 0) is 11.0 Å². The topological polar surface area (TPSA) is 40.5 Å². The van der Waals surface area contributed by atoms with Crippen molar-refractivity contribution in [3.05, 3.63) is 29.8 Å². The van der Waals surface area contributed by atoms with Gasteiger partial charge in [0, 0.05) is 11.7 Å². The Morgan fingerprint density at radius 1 is 1.28 bits per heavy atom. The van der Waals surface area contributed by atoms with Crippen molar-refractivity contribution in [3.8, 4) is 0 Å². The molecule has 0 bridgehead atoms. The Morgan fingerprint density at radius 3 is 2.11 bits per heavy atom. The van der Waals surface area contributed by atoms with Crippen LogP contribution in [0.15, 0.2) is 24.3 Å². The van der Waals surface area contributed by atoms with E-state index >= 15 is 0 Å². The highest BCUT2D eigenvalue weighted by Crippen LogP contribution is 2.30. The number of aliphatic hydroxyl groups is 1. The Kier molecular flexibility index (Phi) is 4.34. The Bertz CT molecular complexity index is 412. The van der Waals surface area contributed by atoms with E-state index in [1.807, 2.05) is 0 Å². The number of aliphatic hydroxyl groups excluding tert-OH is 1. The molecule has 0 unspecified atom stereocenters. The average molecular weight is 261 g/mol. The van der Waals surface area contributed by atoms with Gasteiger partial charge in [-0.05, 0) is 38.1 Å². The number of carbonyl (C=O) groups is 1. The maximum absolute atomic E-state index is 12.4. The fourth-order valence-corrected chi connectivity index (χ4v) is 1.62. The van der Waals surface area contributed by atoms with Gasteiger partial charge in [-0.1, -0.05) is 0 Å². The lowest BCUT2D eigenvalue weighted by atomic mass is 10.1.